The summed E-state index contributed by atoms with van der Waals surface area (Å²) in [7, 11) is 0. The van der Waals surface area contributed by atoms with Crippen molar-refractivity contribution in [3.05, 3.63) is 23.9 Å². The zero-order valence-corrected chi connectivity index (χ0v) is 7.20. The minimum atomic E-state index is -1.63. The molecule has 1 N–H and O–H groups in total. The van der Waals surface area contributed by atoms with Crippen molar-refractivity contribution < 1.29 is 9.18 Å². The van der Waals surface area contributed by atoms with Crippen LogP contribution in [0.4, 0.5) is 4.39 Å². The van der Waals surface area contributed by atoms with Crippen LogP contribution in [-0.2, 0) is 4.79 Å². The van der Waals surface area contributed by atoms with E-state index in [2.05, 4.69) is 11.9 Å². The van der Waals surface area contributed by atoms with Gasteiger partial charge < -0.3 is 5.32 Å². The van der Waals surface area contributed by atoms with Crippen molar-refractivity contribution >= 4 is 17.5 Å². The SMILES string of the molecule is C=C(Cl)/C=C/NC(=O)C1(F)CC1. The van der Waals surface area contributed by atoms with E-state index in [1.54, 1.807) is 0 Å². The van der Waals surface area contributed by atoms with E-state index in [0.717, 1.165) is 0 Å². The van der Waals surface area contributed by atoms with Gasteiger partial charge in [-0.2, -0.15) is 0 Å². The number of carbonyl (C=O) groups excluding carboxylic acids is 1. The maximum absolute atomic E-state index is 12.9. The molecular weight excluding hydrogens is 181 g/mol. The molecule has 1 aliphatic carbocycles. The quantitative estimate of drug-likeness (QED) is 0.675. The number of allylic oxidation sites excluding steroid dienone is 2. The van der Waals surface area contributed by atoms with E-state index < -0.39 is 11.6 Å². The van der Waals surface area contributed by atoms with Crippen LogP contribution in [0.1, 0.15) is 12.8 Å². The van der Waals surface area contributed by atoms with E-state index in [1.165, 1.54) is 12.3 Å². The van der Waals surface area contributed by atoms with E-state index >= 15 is 0 Å². The second-order valence-electron chi connectivity index (χ2n) is 2.72. The molecule has 0 aliphatic heterocycles. The number of alkyl halides is 1. The first-order valence-corrected chi connectivity index (χ1v) is 3.93. The Morgan fingerprint density at radius 2 is 2.25 bits per heavy atom. The maximum Gasteiger partial charge on any atom is 0.261 e. The summed E-state index contributed by atoms with van der Waals surface area (Å²) in [5.41, 5.74) is -1.63. The second-order valence-corrected chi connectivity index (χ2v) is 3.20. The predicted octanol–water partition coefficient (Wildman–Crippen LogP) is 1.87. The van der Waals surface area contributed by atoms with Gasteiger partial charge in [-0.1, -0.05) is 18.2 Å². The van der Waals surface area contributed by atoms with Crippen LogP contribution in [0.5, 0.6) is 0 Å². The fourth-order valence-electron chi connectivity index (χ4n) is 0.674. The highest BCUT2D eigenvalue weighted by Gasteiger charge is 2.50. The van der Waals surface area contributed by atoms with Crippen molar-refractivity contribution in [2.45, 2.75) is 18.5 Å². The van der Waals surface area contributed by atoms with Crippen molar-refractivity contribution in [2.75, 3.05) is 0 Å². The Bertz CT molecular complexity index is 245. The molecule has 0 aromatic heterocycles. The van der Waals surface area contributed by atoms with Crippen molar-refractivity contribution in [3.8, 4) is 0 Å². The van der Waals surface area contributed by atoms with Crippen molar-refractivity contribution in [3.63, 3.8) is 0 Å². The lowest BCUT2D eigenvalue weighted by Gasteiger charge is -2.01. The van der Waals surface area contributed by atoms with Crippen LogP contribution in [0, 0.1) is 0 Å². The lowest BCUT2D eigenvalue weighted by Crippen LogP contribution is -2.29. The molecule has 1 fully saturated rings. The monoisotopic (exact) mass is 189 g/mol. The Balaban J connectivity index is 2.32. The molecule has 0 saturated heterocycles. The number of halogens is 2. The normalized spacial score (nSPS) is 19.2. The zero-order valence-electron chi connectivity index (χ0n) is 6.44. The molecule has 1 rings (SSSR count). The molecule has 1 aliphatic rings. The van der Waals surface area contributed by atoms with Crippen molar-refractivity contribution in [1.82, 2.24) is 5.32 Å². The van der Waals surface area contributed by atoms with Crippen LogP contribution in [0.25, 0.3) is 0 Å². The molecule has 0 atom stereocenters. The third kappa shape index (κ3) is 2.34. The molecule has 0 spiro atoms. The molecule has 1 amide bonds. The Labute approximate surface area is 75.1 Å². The maximum atomic E-state index is 12.9. The number of hydrogen-bond donors (Lipinski definition) is 1. The molecule has 1 saturated carbocycles. The molecule has 0 radical (unpaired) electrons. The van der Waals surface area contributed by atoms with Crippen molar-refractivity contribution in [1.29, 1.82) is 0 Å². The number of hydrogen-bond acceptors (Lipinski definition) is 1. The minimum absolute atomic E-state index is 0.291. The standard InChI is InChI=1S/C8H9ClFNO/c1-6(9)2-5-11-7(12)8(10)3-4-8/h2,5H,1,3-4H2,(H,11,12)/b5-2+. The van der Waals surface area contributed by atoms with Gasteiger partial charge >= 0.3 is 0 Å². The number of carbonyl (C=O) groups is 1. The first kappa shape index (κ1) is 9.26. The molecule has 2 nitrogen and oxygen atoms in total. The van der Waals surface area contributed by atoms with Crippen molar-refractivity contribution in [2.24, 2.45) is 0 Å². The van der Waals surface area contributed by atoms with Gasteiger partial charge in [0.2, 0.25) is 0 Å². The second kappa shape index (κ2) is 3.27. The summed E-state index contributed by atoms with van der Waals surface area (Å²) in [5.74, 6) is -0.600. The average molecular weight is 190 g/mol. The van der Waals surface area contributed by atoms with Crippen LogP contribution in [0.3, 0.4) is 0 Å². The molecular formula is C8H9ClFNO. The Hall–Kier alpha value is -0.830. The van der Waals surface area contributed by atoms with Gasteiger partial charge in [-0.25, -0.2) is 4.39 Å². The fourth-order valence-corrected chi connectivity index (χ4v) is 0.737. The van der Waals surface area contributed by atoms with Gasteiger partial charge in [0.15, 0.2) is 5.67 Å². The Kier molecular flexibility index (Phi) is 2.52. The van der Waals surface area contributed by atoms with Gasteiger partial charge in [-0.05, 0) is 18.9 Å². The first-order chi connectivity index (χ1) is 5.54. The summed E-state index contributed by atoms with van der Waals surface area (Å²) in [5, 5.41) is 2.57. The summed E-state index contributed by atoms with van der Waals surface area (Å²) in [6.07, 6.45) is 3.31. The molecule has 0 unspecified atom stereocenters. The highest BCUT2D eigenvalue weighted by molar-refractivity contribution is 6.30. The van der Waals surface area contributed by atoms with E-state index in [4.69, 9.17) is 11.6 Å². The lowest BCUT2D eigenvalue weighted by molar-refractivity contribution is -0.126. The van der Waals surface area contributed by atoms with Gasteiger partial charge in [-0.15, -0.1) is 0 Å². The summed E-state index contributed by atoms with van der Waals surface area (Å²) >= 11 is 5.36. The minimum Gasteiger partial charge on any atom is -0.330 e. The zero-order chi connectivity index (χ0) is 9.19. The number of amides is 1. The van der Waals surface area contributed by atoms with Crippen LogP contribution in [0.15, 0.2) is 23.9 Å². The molecule has 12 heavy (non-hydrogen) atoms. The van der Waals surface area contributed by atoms with E-state index in [-0.39, 0.29) is 0 Å². The fraction of sp³-hybridized carbons (Fsp3) is 0.375. The van der Waals surface area contributed by atoms with Crippen LogP contribution in [-0.4, -0.2) is 11.6 Å². The van der Waals surface area contributed by atoms with Gasteiger partial charge in [0.05, 0.1) is 0 Å². The number of nitrogens with one attached hydrogen (secondary N) is 1. The third-order valence-electron chi connectivity index (χ3n) is 1.57. The molecule has 0 aromatic rings. The molecule has 4 heteroatoms. The topological polar surface area (TPSA) is 29.1 Å². The van der Waals surface area contributed by atoms with Gasteiger partial charge in [0.25, 0.3) is 5.91 Å². The van der Waals surface area contributed by atoms with E-state index in [1.807, 2.05) is 0 Å². The number of rotatable bonds is 3. The molecule has 0 heterocycles. The lowest BCUT2D eigenvalue weighted by atomic mass is 10.3. The van der Waals surface area contributed by atoms with E-state index in [0.29, 0.717) is 17.9 Å². The van der Waals surface area contributed by atoms with Crippen LogP contribution >= 0.6 is 11.6 Å². The van der Waals surface area contributed by atoms with E-state index in [9.17, 15) is 9.18 Å². The van der Waals surface area contributed by atoms with Crippen LogP contribution in [0.2, 0.25) is 0 Å². The average Bonchev–Trinajstić information content (AvgIpc) is 2.68. The summed E-state index contributed by atoms with van der Waals surface area (Å²) in [6, 6.07) is 0. The van der Waals surface area contributed by atoms with Crippen LogP contribution < -0.4 is 5.32 Å². The molecule has 0 aromatic carbocycles. The highest BCUT2D eigenvalue weighted by Crippen LogP contribution is 2.39. The highest BCUT2D eigenvalue weighted by atomic mass is 35.5. The smallest absolute Gasteiger partial charge is 0.261 e. The Morgan fingerprint density at radius 1 is 1.67 bits per heavy atom. The molecule has 0 bridgehead atoms. The van der Waals surface area contributed by atoms with Gasteiger partial charge in [0.1, 0.15) is 0 Å². The Morgan fingerprint density at radius 3 is 2.67 bits per heavy atom. The summed E-state index contributed by atoms with van der Waals surface area (Å²) in [6.45, 7) is 3.36. The third-order valence-corrected chi connectivity index (χ3v) is 1.70. The largest absolute Gasteiger partial charge is 0.330 e. The van der Waals surface area contributed by atoms with Gasteiger partial charge in [-0.3, -0.25) is 4.79 Å². The summed E-state index contributed by atoms with van der Waals surface area (Å²) in [4.78, 5) is 10.9. The first-order valence-electron chi connectivity index (χ1n) is 3.55. The van der Waals surface area contributed by atoms with Gasteiger partial charge in [0, 0.05) is 11.2 Å². The summed E-state index contributed by atoms with van der Waals surface area (Å²) < 4.78 is 12.9. The predicted molar refractivity (Wildman–Crippen MR) is 45.3 cm³/mol. The molecule has 66 valence electrons.